The Bertz CT molecular complexity index is 619. The van der Waals surface area contributed by atoms with Crippen LogP contribution in [0.25, 0.3) is 0 Å². The molecule has 1 aliphatic heterocycles. The fraction of sp³-hybridized carbons (Fsp3) is 0.286. The summed E-state index contributed by atoms with van der Waals surface area (Å²) in [5, 5.41) is 4.13. The zero-order valence-corrected chi connectivity index (χ0v) is 11.2. The Balaban J connectivity index is 2.28. The molecule has 0 atom stereocenters. The number of oxime groups is 1. The van der Waals surface area contributed by atoms with E-state index in [-0.39, 0.29) is 5.78 Å². The van der Waals surface area contributed by atoms with Crippen molar-refractivity contribution in [1.29, 1.82) is 0 Å². The molecule has 19 heavy (non-hydrogen) atoms. The molecule has 0 bridgehead atoms. The normalized spacial score (nSPS) is 19.9. The zero-order chi connectivity index (χ0) is 13.6. The summed E-state index contributed by atoms with van der Waals surface area (Å²) in [5.41, 5.74) is 3.76. The van der Waals surface area contributed by atoms with Gasteiger partial charge in [-0.15, -0.1) is 0 Å². The molecular weight excluding hydrogens is 242 g/mol. The molecular formula is C14H15N3O2. The maximum absolute atomic E-state index is 12.6. The lowest BCUT2D eigenvalue weighted by atomic mass is 9.90. The summed E-state index contributed by atoms with van der Waals surface area (Å²) < 4.78 is 0. The van der Waals surface area contributed by atoms with Gasteiger partial charge < -0.3 is 14.6 Å². The standard InChI is InChI=1S/C14H15N3O2/c1-16-8-17(2)13-12(16)11(15-19-3)9-6-4-5-7-10(9)14(13)18/h4-7H,8H2,1-3H3. The zero-order valence-electron chi connectivity index (χ0n) is 11.2. The summed E-state index contributed by atoms with van der Waals surface area (Å²) in [6.07, 6.45) is 0. The lowest BCUT2D eigenvalue weighted by Crippen LogP contribution is -2.27. The third-order valence-electron chi connectivity index (χ3n) is 3.46. The Labute approximate surface area is 111 Å². The molecule has 1 aromatic rings. The van der Waals surface area contributed by atoms with Crippen molar-refractivity contribution in [2.75, 3.05) is 27.9 Å². The number of hydrogen-bond donors (Lipinski definition) is 0. The lowest BCUT2D eigenvalue weighted by Gasteiger charge is -2.22. The van der Waals surface area contributed by atoms with Gasteiger partial charge >= 0.3 is 0 Å². The summed E-state index contributed by atoms with van der Waals surface area (Å²) in [5.74, 6) is 0.0486. The first-order valence-electron chi connectivity index (χ1n) is 6.07. The van der Waals surface area contributed by atoms with Crippen LogP contribution in [-0.4, -0.2) is 49.2 Å². The van der Waals surface area contributed by atoms with E-state index in [9.17, 15) is 4.79 Å². The Morgan fingerprint density at radius 2 is 1.74 bits per heavy atom. The molecule has 98 valence electrons. The number of rotatable bonds is 1. The van der Waals surface area contributed by atoms with Crippen LogP contribution in [0.2, 0.25) is 0 Å². The molecule has 3 rings (SSSR count). The van der Waals surface area contributed by atoms with Gasteiger partial charge in [-0.1, -0.05) is 29.4 Å². The average Bonchev–Trinajstić information content (AvgIpc) is 2.70. The number of hydrogen-bond acceptors (Lipinski definition) is 5. The van der Waals surface area contributed by atoms with Gasteiger partial charge in [0.1, 0.15) is 18.5 Å². The van der Waals surface area contributed by atoms with E-state index in [2.05, 4.69) is 5.16 Å². The number of carbonyl (C=O) groups is 1. The largest absolute Gasteiger partial charge is 0.399 e. The van der Waals surface area contributed by atoms with Crippen LogP contribution in [0.3, 0.4) is 0 Å². The third-order valence-corrected chi connectivity index (χ3v) is 3.46. The first kappa shape index (κ1) is 11.8. The molecule has 0 spiro atoms. The molecule has 5 heteroatoms. The molecule has 1 heterocycles. The number of ketones is 1. The third kappa shape index (κ3) is 1.54. The summed E-state index contributed by atoms with van der Waals surface area (Å²) >= 11 is 0. The molecule has 1 aromatic carbocycles. The highest BCUT2D eigenvalue weighted by molar-refractivity contribution is 6.28. The maximum atomic E-state index is 12.6. The predicted molar refractivity (Wildman–Crippen MR) is 71.7 cm³/mol. The second kappa shape index (κ2) is 4.12. The number of fused-ring (bicyclic) bond motifs is 1. The minimum absolute atomic E-state index is 0.0486. The van der Waals surface area contributed by atoms with E-state index >= 15 is 0 Å². The Hall–Kier alpha value is -2.30. The van der Waals surface area contributed by atoms with Crippen molar-refractivity contribution in [3.05, 3.63) is 46.8 Å². The fourth-order valence-electron chi connectivity index (χ4n) is 2.72. The lowest BCUT2D eigenvalue weighted by molar-refractivity contribution is 0.100. The Kier molecular flexibility index (Phi) is 2.55. The van der Waals surface area contributed by atoms with Crippen LogP contribution < -0.4 is 0 Å². The van der Waals surface area contributed by atoms with Crippen LogP contribution in [-0.2, 0) is 4.84 Å². The molecule has 5 nitrogen and oxygen atoms in total. The molecule has 0 radical (unpaired) electrons. The molecule has 0 fully saturated rings. The van der Waals surface area contributed by atoms with E-state index in [1.54, 1.807) is 0 Å². The van der Waals surface area contributed by atoms with E-state index < -0.39 is 0 Å². The van der Waals surface area contributed by atoms with Crippen LogP contribution >= 0.6 is 0 Å². The number of likely N-dealkylation sites (N-methyl/N-ethyl adjacent to an activating group) is 2. The summed E-state index contributed by atoms with van der Waals surface area (Å²) in [7, 11) is 5.38. The van der Waals surface area contributed by atoms with Crippen molar-refractivity contribution in [3.63, 3.8) is 0 Å². The highest BCUT2D eigenvalue weighted by Crippen LogP contribution is 2.33. The van der Waals surface area contributed by atoms with Gasteiger partial charge in [-0.3, -0.25) is 4.79 Å². The predicted octanol–water partition coefficient (Wildman–Crippen LogP) is 1.28. The van der Waals surface area contributed by atoms with Crippen LogP contribution in [0.15, 0.2) is 40.8 Å². The second-order valence-corrected chi connectivity index (χ2v) is 4.73. The Morgan fingerprint density at radius 1 is 1.11 bits per heavy atom. The molecule has 0 unspecified atom stereocenters. The SMILES string of the molecule is CON=C1C2=C(C(=O)c3ccccc31)N(C)CN2C. The quantitative estimate of drug-likeness (QED) is 0.711. The van der Waals surface area contributed by atoms with Crippen LogP contribution in [0.5, 0.6) is 0 Å². The van der Waals surface area contributed by atoms with Gasteiger partial charge in [0.2, 0.25) is 5.78 Å². The van der Waals surface area contributed by atoms with Gasteiger partial charge in [-0.25, -0.2) is 0 Å². The first-order valence-corrected chi connectivity index (χ1v) is 6.07. The van der Waals surface area contributed by atoms with Gasteiger partial charge in [-0.05, 0) is 0 Å². The Morgan fingerprint density at radius 3 is 2.42 bits per heavy atom. The fourth-order valence-corrected chi connectivity index (χ4v) is 2.72. The molecule has 0 saturated carbocycles. The van der Waals surface area contributed by atoms with Crippen molar-refractivity contribution in [2.24, 2.45) is 5.16 Å². The van der Waals surface area contributed by atoms with Crippen molar-refractivity contribution in [3.8, 4) is 0 Å². The topological polar surface area (TPSA) is 45.1 Å². The molecule has 0 amide bonds. The van der Waals surface area contributed by atoms with E-state index in [4.69, 9.17) is 4.84 Å². The monoisotopic (exact) mass is 257 g/mol. The van der Waals surface area contributed by atoms with Gasteiger partial charge in [0.05, 0.1) is 12.4 Å². The van der Waals surface area contributed by atoms with E-state index in [0.717, 1.165) is 17.0 Å². The highest BCUT2D eigenvalue weighted by Gasteiger charge is 2.39. The van der Waals surface area contributed by atoms with E-state index in [0.29, 0.717) is 17.9 Å². The molecule has 0 N–H and O–H groups in total. The molecule has 2 aliphatic rings. The van der Waals surface area contributed by atoms with E-state index in [1.165, 1.54) is 7.11 Å². The van der Waals surface area contributed by atoms with Crippen molar-refractivity contribution < 1.29 is 9.63 Å². The minimum atomic E-state index is 0.0486. The highest BCUT2D eigenvalue weighted by atomic mass is 16.6. The number of carbonyl (C=O) groups excluding carboxylic acids is 1. The smallest absolute Gasteiger partial charge is 0.211 e. The van der Waals surface area contributed by atoms with Crippen LogP contribution in [0, 0.1) is 0 Å². The number of allylic oxidation sites excluding steroid dienone is 2. The maximum Gasteiger partial charge on any atom is 0.211 e. The number of nitrogens with zero attached hydrogens (tertiary/aromatic N) is 3. The summed E-state index contributed by atoms with van der Waals surface area (Å²) in [6.45, 7) is 0.674. The number of benzene rings is 1. The number of Topliss-reactive ketones (excluding diaryl/α,β-unsaturated/α-hetero) is 1. The van der Waals surface area contributed by atoms with E-state index in [1.807, 2.05) is 48.2 Å². The molecule has 1 aliphatic carbocycles. The first-order chi connectivity index (χ1) is 9.15. The van der Waals surface area contributed by atoms with Gasteiger partial charge in [0.25, 0.3) is 0 Å². The summed E-state index contributed by atoms with van der Waals surface area (Å²) in [4.78, 5) is 21.5. The van der Waals surface area contributed by atoms with Gasteiger partial charge in [0.15, 0.2) is 0 Å². The van der Waals surface area contributed by atoms with Crippen molar-refractivity contribution in [1.82, 2.24) is 9.80 Å². The summed E-state index contributed by atoms with van der Waals surface area (Å²) in [6, 6.07) is 7.51. The van der Waals surface area contributed by atoms with Gasteiger partial charge in [-0.2, -0.15) is 0 Å². The van der Waals surface area contributed by atoms with Gasteiger partial charge in [0, 0.05) is 25.2 Å². The second-order valence-electron chi connectivity index (χ2n) is 4.73. The molecule has 0 saturated heterocycles. The molecule has 0 aromatic heterocycles. The van der Waals surface area contributed by atoms with Crippen molar-refractivity contribution >= 4 is 11.5 Å². The minimum Gasteiger partial charge on any atom is -0.399 e. The van der Waals surface area contributed by atoms with Crippen LogP contribution in [0.1, 0.15) is 15.9 Å². The van der Waals surface area contributed by atoms with Crippen molar-refractivity contribution in [2.45, 2.75) is 0 Å². The average molecular weight is 257 g/mol. The van der Waals surface area contributed by atoms with Crippen LogP contribution in [0.4, 0.5) is 0 Å².